The summed E-state index contributed by atoms with van der Waals surface area (Å²) < 4.78 is 10.6. The average molecular weight is 301 g/mol. The standard InChI is InChI=1S/C16H15NO3S/c1-3-14-4-5-16(21-14)15(18)10-20-13-7-11(9-17)6-12(8-13)19-2/h4-8H,3,10H2,1-2H3. The fourth-order valence-corrected chi connectivity index (χ4v) is 2.65. The van der Waals surface area contributed by atoms with Crippen molar-refractivity contribution in [2.75, 3.05) is 13.7 Å². The van der Waals surface area contributed by atoms with Gasteiger partial charge in [-0.25, -0.2) is 0 Å². The number of rotatable bonds is 6. The predicted molar refractivity (Wildman–Crippen MR) is 81.2 cm³/mol. The molecule has 0 aliphatic heterocycles. The van der Waals surface area contributed by atoms with Crippen molar-refractivity contribution in [2.45, 2.75) is 13.3 Å². The van der Waals surface area contributed by atoms with Gasteiger partial charge in [0.2, 0.25) is 5.78 Å². The van der Waals surface area contributed by atoms with Crippen molar-refractivity contribution in [1.29, 1.82) is 5.26 Å². The van der Waals surface area contributed by atoms with E-state index in [2.05, 4.69) is 6.92 Å². The first kappa shape index (κ1) is 15.1. The Morgan fingerprint density at radius 2 is 2.05 bits per heavy atom. The Morgan fingerprint density at radius 1 is 1.29 bits per heavy atom. The molecule has 1 heterocycles. The minimum atomic E-state index is -0.0685. The van der Waals surface area contributed by atoms with Gasteiger partial charge in [-0.05, 0) is 30.7 Å². The van der Waals surface area contributed by atoms with Crippen LogP contribution in [0, 0.1) is 11.3 Å². The molecule has 1 aromatic heterocycles. The molecule has 0 bridgehead atoms. The molecule has 1 aromatic carbocycles. The second-order valence-electron chi connectivity index (χ2n) is 4.34. The smallest absolute Gasteiger partial charge is 0.210 e. The molecule has 0 atom stereocenters. The average Bonchev–Trinajstić information content (AvgIpc) is 3.01. The third-order valence-corrected chi connectivity index (χ3v) is 4.17. The summed E-state index contributed by atoms with van der Waals surface area (Å²) in [6, 6.07) is 10.7. The number of carbonyl (C=O) groups is 1. The highest BCUT2D eigenvalue weighted by Gasteiger charge is 2.10. The van der Waals surface area contributed by atoms with E-state index in [-0.39, 0.29) is 12.4 Å². The zero-order chi connectivity index (χ0) is 15.2. The largest absolute Gasteiger partial charge is 0.497 e. The second kappa shape index (κ2) is 6.91. The summed E-state index contributed by atoms with van der Waals surface area (Å²) in [6.07, 6.45) is 0.917. The topological polar surface area (TPSA) is 59.3 Å². The van der Waals surface area contributed by atoms with Gasteiger partial charge in [0, 0.05) is 10.9 Å². The first-order chi connectivity index (χ1) is 10.2. The molecule has 5 heteroatoms. The Bertz CT molecular complexity index is 685. The molecule has 108 valence electrons. The molecule has 2 rings (SSSR count). The van der Waals surface area contributed by atoms with E-state index >= 15 is 0 Å². The van der Waals surface area contributed by atoms with E-state index in [0.29, 0.717) is 21.9 Å². The lowest BCUT2D eigenvalue weighted by Gasteiger charge is -2.07. The second-order valence-corrected chi connectivity index (χ2v) is 5.51. The summed E-state index contributed by atoms with van der Waals surface area (Å²) in [5.74, 6) is 0.911. The fraction of sp³-hybridized carbons (Fsp3) is 0.250. The lowest BCUT2D eigenvalue weighted by molar-refractivity contribution is 0.0925. The van der Waals surface area contributed by atoms with Gasteiger partial charge in [0.15, 0.2) is 6.61 Å². The van der Waals surface area contributed by atoms with Gasteiger partial charge >= 0.3 is 0 Å². The molecule has 0 unspecified atom stereocenters. The molecule has 4 nitrogen and oxygen atoms in total. The molecule has 0 saturated heterocycles. The third kappa shape index (κ3) is 3.83. The van der Waals surface area contributed by atoms with Crippen molar-refractivity contribution in [3.63, 3.8) is 0 Å². The van der Waals surface area contributed by atoms with Crippen LogP contribution in [0.5, 0.6) is 11.5 Å². The molecule has 0 N–H and O–H groups in total. The van der Waals surface area contributed by atoms with Crippen LogP contribution in [0.4, 0.5) is 0 Å². The van der Waals surface area contributed by atoms with Crippen LogP contribution < -0.4 is 9.47 Å². The molecule has 0 fully saturated rings. The van der Waals surface area contributed by atoms with Crippen molar-refractivity contribution in [3.8, 4) is 17.6 Å². The maximum absolute atomic E-state index is 12.0. The molecule has 21 heavy (non-hydrogen) atoms. The zero-order valence-corrected chi connectivity index (χ0v) is 12.7. The highest BCUT2D eigenvalue weighted by Crippen LogP contribution is 2.23. The van der Waals surface area contributed by atoms with Crippen molar-refractivity contribution < 1.29 is 14.3 Å². The van der Waals surface area contributed by atoms with Crippen LogP contribution in [0.15, 0.2) is 30.3 Å². The van der Waals surface area contributed by atoms with E-state index < -0.39 is 0 Å². The van der Waals surface area contributed by atoms with Crippen LogP contribution in [0.2, 0.25) is 0 Å². The van der Waals surface area contributed by atoms with E-state index in [4.69, 9.17) is 14.7 Å². The number of hydrogen-bond donors (Lipinski definition) is 0. The van der Waals surface area contributed by atoms with Gasteiger partial charge < -0.3 is 9.47 Å². The third-order valence-electron chi connectivity index (χ3n) is 2.90. The normalized spacial score (nSPS) is 9.95. The Hall–Kier alpha value is -2.32. The molecule has 0 saturated carbocycles. The van der Waals surface area contributed by atoms with Gasteiger partial charge in [0.05, 0.1) is 23.6 Å². The van der Waals surface area contributed by atoms with Gasteiger partial charge in [-0.3, -0.25) is 4.79 Å². The molecule has 0 amide bonds. The number of thiophene rings is 1. The van der Waals surface area contributed by atoms with Crippen LogP contribution in [0.25, 0.3) is 0 Å². The van der Waals surface area contributed by atoms with Crippen molar-refractivity contribution in [1.82, 2.24) is 0 Å². The Balaban J connectivity index is 2.05. The minimum Gasteiger partial charge on any atom is -0.497 e. The number of ketones is 1. The summed E-state index contributed by atoms with van der Waals surface area (Å²) in [5, 5.41) is 8.94. The van der Waals surface area contributed by atoms with Crippen molar-refractivity contribution >= 4 is 17.1 Å². The van der Waals surface area contributed by atoms with Gasteiger partial charge in [-0.2, -0.15) is 5.26 Å². The molecule has 2 aromatic rings. The van der Waals surface area contributed by atoms with Gasteiger partial charge in [0.1, 0.15) is 11.5 Å². The van der Waals surface area contributed by atoms with Crippen molar-refractivity contribution in [2.24, 2.45) is 0 Å². The number of Topliss-reactive ketones (excluding diaryl/α,β-unsaturated/α-hetero) is 1. The molecule has 0 spiro atoms. The number of nitriles is 1. The van der Waals surface area contributed by atoms with Crippen LogP contribution in [-0.4, -0.2) is 19.5 Å². The summed E-state index contributed by atoms with van der Waals surface area (Å²) in [5.41, 5.74) is 0.432. The predicted octanol–water partition coefficient (Wildman–Crippen LogP) is 3.45. The molecular formula is C16H15NO3S. The number of aryl methyl sites for hydroxylation is 1. The summed E-state index contributed by atoms with van der Waals surface area (Å²) >= 11 is 1.48. The Morgan fingerprint density at radius 3 is 2.67 bits per heavy atom. The van der Waals surface area contributed by atoms with Crippen LogP contribution in [-0.2, 0) is 6.42 Å². The highest BCUT2D eigenvalue weighted by molar-refractivity contribution is 7.14. The fourth-order valence-electron chi connectivity index (χ4n) is 1.78. The van der Waals surface area contributed by atoms with Gasteiger partial charge in [-0.15, -0.1) is 11.3 Å². The number of ether oxygens (including phenoxy) is 2. The zero-order valence-electron chi connectivity index (χ0n) is 11.9. The Labute approximate surface area is 127 Å². The quantitative estimate of drug-likeness (QED) is 0.767. The lowest BCUT2D eigenvalue weighted by Crippen LogP contribution is -2.10. The maximum Gasteiger partial charge on any atom is 0.210 e. The van der Waals surface area contributed by atoms with E-state index in [1.165, 1.54) is 23.3 Å². The van der Waals surface area contributed by atoms with E-state index in [1.807, 2.05) is 18.2 Å². The highest BCUT2D eigenvalue weighted by atomic mass is 32.1. The first-order valence-electron chi connectivity index (χ1n) is 6.50. The SMILES string of the molecule is CCc1ccc(C(=O)COc2cc(C#N)cc(OC)c2)s1. The number of benzene rings is 1. The van der Waals surface area contributed by atoms with Gasteiger partial charge in [0.25, 0.3) is 0 Å². The molecule has 0 aliphatic carbocycles. The van der Waals surface area contributed by atoms with Crippen LogP contribution >= 0.6 is 11.3 Å². The monoisotopic (exact) mass is 301 g/mol. The van der Waals surface area contributed by atoms with E-state index in [1.54, 1.807) is 18.2 Å². The minimum absolute atomic E-state index is 0.0539. The number of hydrogen-bond acceptors (Lipinski definition) is 5. The Kier molecular flexibility index (Phi) is 4.96. The molecule has 0 aliphatic rings. The number of methoxy groups -OCH3 is 1. The summed E-state index contributed by atoms with van der Waals surface area (Å²) in [7, 11) is 1.52. The maximum atomic E-state index is 12.0. The number of nitrogens with zero attached hydrogens (tertiary/aromatic N) is 1. The van der Waals surface area contributed by atoms with Crippen LogP contribution in [0.1, 0.15) is 27.0 Å². The lowest BCUT2D eigenvalue weighted by atomic mass is 10.2. The first-order valence-corrected chi connectivity index (χ1v) is 7.31. The van der Waals surface area contributed by atoms with Crippen molar-refractivity contribution in [3.05, 3.63) is 45.6 Å². The van der Waals surface area contributed by atoms with Gasteiger partial charge in [-0.1, -0.05) is 6.92 Å². The number of carbonyl (C=O) groups excluding carboxylic acids is 1. The summed E-state index contributed by atoms with van der Waals surface area (Å²) in [6.45, 7) is 2.00. The molecular weight excluding hydrogens is 286 g/mol. The molecule has 0 radical (unpaired) electrons. The van der Waals surface area contributed by atoms with Crippen LogP contribution in [0.3, 0.4) is 0 Å². The van der Waals surface area contributed by atoms with E-state index in [0.717, 1.165) is 6.42 Å². The van der Waals surface area contributed by atoms with E-state index in [9.17, 15) is 4.79 Å². The summed E-state index contributed by atoms with van der Waals surface area (Å²) in [4.78, 5) is 13.9.